The van der Waals surface area contributed by atoms with Gasteiger partial charge in [0.05, 0.1) is 31.5 Å². The molecule has 1 aliphatic rings. The monoisotopic (exact) mass is 749 g/mol. The van der Waals surface area contributed by atoms with E-state index >= 15 is 0 Å². The van der Waals surface area contributed by atoms with Crippen LogP contribution in [0.4, 0.5) is 0 Å². The van der Waals surface area contributed by atoms with Crippen molar-refractivity contribution >= 4 is 21.6 Å². The molecule has 0 saturated heterocycles. The number of methoxy groups -OCH3 is 2. The zero-order chi connectivity index (χ0) is 38.0. The first-order valence-corrected chi connectivity index (χ1v) is 19.2. The number of rotatable bonds is 17. The van der Waals surface area contributed by atoms with Crippen LogP contribution < -0.4 is 25.1 Å². The fourth-order valence-electron chi connectivity index (χ4n) is 6.19. The fourth-order valence-corrected chi connectivity index (χ4v) is 7.58. The third-order valence-corrected chi connectivity index (χ3v) is 10.8. The number of hydrogen-bond acceptors (Lipinski definition) is 10. The molecule has 0 aromatic heterocycles. The van der Waals surface area contributed by atoms with Gasteiger partial charge >= 0.3 is 0 Å². The third kappa shape index (κ3) is 8.91. The maximum atomic E-state index is 14.7. The van der Waals surface area contributed by atoms with E-state index in [9.17, 15) is 13.2 Å². The molecular weight excluding hydrogens is 707 g/mol. The van der Waals surface area contributed by atoms with Gasteiger partial charge in [0.25, 0.3) is 5.91 Å². The molecule has 0 fully saturated rings. The lowest BCUT2D eigenvalue weighted by molar-refractivity contribution is -0.130. The predicted octanol–water partition coefficient (Wildman–Crippen LogP) is 6.07. The zero-order valence-electron chi connectivity index (χ0n) is 30.1. The van der Waals surface area contributed by atoms with E-state index in [1.54, 1.807) is 62.8 Å². The zero-order valence-corrected chi connectivity index (χ0v) is 30.9. The average molecular weight is 750 g/mol. The Morgan fingerprint density at radius 1 is 0.796 bits per heavy atom. The van der Waals surface area contributed by atoms with Crippen LogP contribution in [-0.2, 0) is 25.9 Å². The second-order valence-electron chi connectivity index (χ2n) is 12.7. The third-order valence-electron chi connectivity index (χ3n) is 9.11. The van der Waals surface area contributed by atoms with Crippen LogP contribution in [0.3, 0.4) is 0 Å². The van der Waals surface area contributed by atoms with Gasteiger partial charge in [0, 0.05) is 37.6 Å². The molecule has 0 unspecified atom stereocenters. The topological polar surface area (TPSA) is 145 Å². The van der Waals surface area contributed by atoms with Crippen molar-refractivity contribution in [3.8, 4) is 28.4 Å². The number of aliphatic imine (C=N–C) groups is 1. The molecule has 12 heteroatoms. The van der Waals surface area contributed by atoms with Gasteiger partial charge in [0.1, 0.15) is 17.2 Å². The fraction of sp³-hybridized carbons (Fsp3) is 0.238. The van der Waals surface area contributed by atoms with Crippen molar-refractivity contribution in [2.75, 3.05) is 33.2 Å². The number of hydrogen-bond donors (Lipinski definition) is 3. The maximum Gasteiger partial charge on any atom is 0.266 e. The summed E-state index contributed by atoms with van der Waals surface area (Å²) in [5, 5.41) is 9.13. The summed E-state index contributed by atoms with van der Waals surface area (Å²) in [6.07, 6.45) is -0.699. The highest BCUT2D eigenvalue weighted by molar-refractivity contribution is 7.91. The van der Waals surface area contributed by atoms with E-state index < -0.39 is 27.4 Å². The molecule has 2 atom stereocenters. The van der Waals surface area contributed by atoms with Crippen molar-refractivity contribution in [2.45, 2.75) is 35.9 Å². The van der Waals surface area contributed by atoms with Crippen molar-refractivity contribution in [3.63, 3.8) is 0 Å². The number of hydrazine groups is 1. The SMILES string of the molecule is COc1cc(CNNC(=O)[C@@]2(CCS(=O)(=O)c3ccccc3)N=C(c3ccc(OCCCO)cc3)O[C@H]2c2ccc(-c3ccccc3)cc2)cc(OC)c1. The van der Waals surface area contributed by atoms with E-state index in [2.05, 4.69) is 10.9 Å². The lowest BCUT2D eigenvalue weighted by atomic mass is 9.84. The highest BCUT2D eigenvalue weighted by atomic mass is 32.2. The number of nitrogens with one attached hydrogen (secondary N) is 2. The van der Waals surface area contributed by atoms with Crippen LogP contribution in [0.2, 0.25) is 0 Å². The number of sulfone groups is 1. The molecule has 0 saturated carbocycles. The number of carbonyl (C=O) groups is 1. The summed E-state index contributed by atoms with van der Waals surface area (Å²) in [5.74, 6) is 0.990. The summed E-state index contributed by atoms with van der Waals surface area (Å²) in [6, 6.07) is 38.1. The Morgan fingerprint density at radius 2 is 1.41 bits per heavy atom. The van der Waals surface area contributed by atoms with Crippen LogP contribution in [0.5, 0.6) is 17.2 Å². The van der Waals surface area contributed by atoms with Crippen LogP contribution in [-0.4, -0.2) is 64.1 Å². The van der Waals surface area contributed by atoms with Crippen LogP contribution in [0, 0.1) is 0 Å². The molecule has 1 aliphatic heterocycles. The van der Waals surface area contributed by atoms with Crippen molar-refractivity contribution < 1.29 is 37.3 Å². The smallest absolute Gasteiger partial charge is 0.266 e. The molecule has 0 bridgehead atoms. The Kier molecular flexibility index (Phi) is 12.3. The molecule has 11 nitrogen and oxygen atoms in total. The Morgan fingerprint density at radius 3 is 2.04 bits per heavy atom. The van der Waals surface area contributed by atoms with Gasteiger partial charge in [0.15, 0.2) is 21.5 Å². The minimum atomic E-state index is -3.83. The second-order valence-corrected chi connectivity index (χ2v) is 14.8. The summed E-state index contributed by atoms with van der Waals surface area (Å²) in [4.78, 5) is 19.8. The normalized spacial score (nSPS) is 16.6. The van der Waals surface area contributed by atoms with E-state index in [1.807, 2.05) is 66.7 Å². The molecule has 1 heterocycles. The maximum absolute atomic E-state index is 14.7. The van der Waals surface area contributed by atoms with Gasteiger partial charge in [-0.1, -0.05) is 72.8 Å². The first-order chi connectivity index (χ1) is 26.2. The van der Waals surface area contributed by atoms with E-state index in [-0.39, 0.29) is 36.1 Å². The molecule has 0 spiro atoms. The summed E-state index contributed by atoms with van der Waals surface area (Å²) in [6.45, 7) is 0.565. The standard InChI is InChI=1S/C42H43N3O8S/c1-50-36-26-30(27-37(28-36)51-2)29-43-45-41(47)42(22-25-54(48,49)38-12-7-4-8-13-38)39(33-16-14-32(15-17-33)31-10-5-3-6-11-31)53-40(44-42)34-18-20-35(21-19-34)52-24-9-23-46/h3-8,10-21,26-28,39,43,46H,9,22-25,29H2,1-2H3,(H,45,47)/t39-,42-/m0/s1. The van der Waals surface area contributed by atoms with Gasteiger partial charge < -0.3 is 24.1 Å². The summed E-state index contributed by atoms with van der Waals surface area (Å²) >= 11 is 0. The Balaban J connectivity index is 1.38. The highest BCUT2D eigenvalue weighted by Gasteiger charge is 2.53. The second kappa shape index (κ2) is 17.4. The molecule has 5 aromatic carbocycles. The van der Waals surface area contributed by atoms with Crippen LogP contribution >= 0.6 is 0 Å². The summed E-state index contributed by atoms with van der Waals surface area (Å²) < 4.78 is 50.6. The molecule has 1 amide bonds. The van der Waals surface area contributed by atoms with Crippen molar-refractivity contribution in [1.82, 2.24) is 10.9 Å². The Hall–Kier alpha value is -5.69. The van der Waals surface area contributed by atoms with Crippen molar-refractivity contribution in [1.29, 1.82) is 0 Å². The van der Waals surface area contributed by atoms with E-state index in [4.69, 9.17) is 29.0 Å². The molecule has 0 radical (unpaired) electrons. The first kappa shape index (κ1) is 38.0. The molecule has 3 N–H and O–H groups in total. The summed E-state index contributed by atoms with van der Waals surface area (Å²) in [5.41, 5.74) is 8.08. The number of ether oxygens (including phenoxy) is 4. The summed E-state index contributed by atoms with van der Waals surface area (Å²) in [7, 11) is -0.720. The van der Waals surface area contributed by atoms with Gasteiger partial charge in [0.2, 0.25) is 5.90 Å². The molecule has 6 rings (SSSR count). The van der Waals surface area contributed by atoms with Crippen molar-refractivity contribution in [2.24, 2.45) is 4.99 Å². The molecule has 54 heavy (non-hydrogen) atoms. The molecular formula is C42H43N3O8S. The van der Waals surface area contributed by atoms with Crippen LogP contribution in [0.1, 0.15) is 35.6 Å². The van der Waals surface area contributed by atoms with Crippen molar-refractivity contribution in [3.05, 3.63) is 144 Å². The minimum Gasteiger partial charge on any atom is -0.497 e. The quantitative estimate of drug-likeness (QED) is 0.0762. The average Bonchev–Trinajstić information content (AvgIpc) is 3.62. The lowest BCUT2D eigenvalue weighted by Crippen LogP contribution is -2.53. The van der Waals surface area contributed by atoms with Gasteiger partial charge in [-0.2, -0.15) is 0 Å². The van der Waals surface area contributed by atoms with Crippen LogP contribution in [0.25, 0.3) is 11.1 Å². The number of carbonyl (C=O) groups excluding carboxylic acids is 1. The Labute approximate surface area is 315 Å². The van der Waals surface area contributed by atoms with Gasteiger partial charge in [-0.05, 0) is 70.8 Å². The lowest BCUT2D eigenvalue weighted by Gasteiger charge is -2.30. The van der Waals surface area contributed by atoms with E-state index in [0.29, 0.717) is 41.4 Å². The van der Waals surface area contributed by atoms with E-state index in [0.717, 1.165) is 16.7 Å². The highest BCUT2D eigenvalue weighted by Crippen LogP contribution is 2.43. The number of nitrogens with zero attached hydrogens (tertiary/aromatic N) is 1. The van der Waals surface area contributed by atoms with Gasteiger partial charge in [-0.25, -0.2) is 18.8 Å². The largest absolute Gasteiger partial charge is 0.497 e. The molecule has 5 aromatic rings. The number of aliphatic hydroxyl groups excluding tert-OH is 1. The molecule has 0 aliphatic carbocycles. The molecule has 280 valence electrons. The van der Waals surface area contributed by atoms with E-state index in [1.165, 1.54) is 12.1 Å². The predicted molar refractivity (Wildman–Crippen MR) is 206 cm³/mol. The number of benzene rings is 5. The first-order valence-electron chi connectivity index (χ1n) is 17.5. The van der Waals surface area contributed by atoms with Crippen LogP contribution in [0.15, 0.2) is 137 Å². The number of aliphatic hydroxyl groups is 1. The van der Waals surface area contributed by atoms with Gasteiger partial charge in [-0.15, -0.1) is 0 Å². The minimum absolute atomic E-state index is 0.0170. The Bertz CT molecular complexity index is 2120. The number of amides is 1. The van der Waals surface area contributed by atoms with Gasteiger partial charge in [-0.3, -0.25) is 10.2 Å².